The fourth-order valence-electron chi connectivity index (χ4n) is 2.96. The summed E-state index contributed by atoms with van der Waals surface area (Å²) >= 11 is 0. The van der Waals surface area contributed by atoms with Crippen LogP contribution in [0.15, 0.2) is 0 Å². The summed E-state index contributed by atoms with van der Waals surface area (Å²) in [6, 6.07) is 0. The Kier molecular flexibility index (Phi) is 12.5. The lowest BCUT2D eigenvalue weighted by Crippen LogP contribution is -2.39. The lowest BCUT2D eigenvalue weighted by atomic mass is 10.3. The van der Waals surface area contributed by atoms with Crippen molar-refractivity contribution >= 4 is 9.84 Å². The standard InChI is InChI=1S/C19H37N5O6S/c1-18-19(17-23-5-15-31(25,26)16-6-23)21-22-24(18)4-8-28-10-12-30-14-13-29-11-9-27-7-3-20-2/h20H,3-17H2,1-2H3. The predicted molar refractivity (Wildman–Crippen MR) is 116 cm³/mol. The van der Waals surface area contributed by atoms with Crippen molar-refractivity contribution in [1.82, 2.24) is 25.2 Å². The number of hydrogen-bond donors (Lipinski definition) is 1. The Bertz CT molecular complexity index is 701. The van der Waals surface area contributed by atoms with Crippen LogP contribution in [0.4, 0.5) is 0 Å². The van der Waals surface area contributed by atoms with Gasteiger partial charge in [0.1, 0.15) is 0 Å². The molecule has 1 fully saturated rings. The zero-order valence-corrected chi connectivity index (χ0v) is 19.6. The number of aromatic nitrogens is 3. The number of rotatable bonds is 17. The zero-order chi connectivity index (χ0) is 22.4. The lowest BCUT2D eigenvalue weighted by molar-refractivity contribution is -0.00238. The van der Waals surface area contributed by atoms with Crippen molar-refractivity contribution in [2.45, 2.75) is 20.0 Å². The average Bonchev–Trinajstić information content (AvgIpc) is 3.09. The van der Waals surface area contributed by atoms with Crippen LogP contribution in [0, 0.1) is 6.92 Å². The summed E-state index contributed by atoms with van der Waals surface area (Å²) in [7, 11) is -0.977. The van der Waals surface area contributed by atoms with E-state index in [2.05, 4.69) is 20.5 Å². The summed E-state index contributed by atoms with van der Waals surface area (Å²) in [6.45, 7) is 9.63. The fourth-order valence-corrected chi connectivity index (χ4v) is 4.24. The van der Waals surface area contributed by atoms with E-state index >= 15 is 0 Å². The molecule has 1 saturated heterocycles. The van der Waals surface area contributed by atoms with Gasteiger partial charge in [-0.1, -0.05) is 5.21 Å². The second-order valence-electron chi connectivity index (χ2n) is 7.33. The lowest BCUT2D eigenvalue weighted by Gasteiger charge is -2.25. The predicted octanol–water partition coefficient (Wildman–Crippen LogP) is -0.897. The molecule has 0 bridgehead atoms. The van der Waals surface area contributed by atoms with E-state index in [1.54, 1.807) is 0 Å². The van der Waals surface area contributed by atoms with Crippen LogP contribution in [0.5, 0.6) is 0 Å². The third kappa shape index (κ3) is 10.8. The Morgan fingerprint density at radius 3 is 2.03 bits per heavy atom. The fraction of sp³-hybridized carbons (Fsp3) is 0.895. The molecule has 1 aliphatic heterocycles. The maximum Gasteiger partial charge on any atom is 0.152 e. The minimum Gasteiger partial charge on any atom is -0.378 e. The monoisotopic (exact) mass is 463 g/mol. The second-order valence-corrected chi connectivity index (χ2v) is 9.63. The van der Waals surface area contributed by atoms with E-state index in [9.17, 15) is 8.42 Å². The van der Waals surface area contributed by atoms with Gasteiger partial charge in [-0.3, -0.25) is 4.90 Å². The molecule has 1 N–H and O–H groups in total. The highest BCUT2D eigenvalue weighted by atomic mass is 32.2. The van der Waals surface area contributed by atoms with Gasteiger partial charge >= 0.3 is 0 Å². The van der Waals surface area contributed by atoms with Crippen LogP contribution in [-0.2, 0) is 41.9 Å². The molecule has 0 amide bonds. The first kappa shape index (κ1) is 26.1. The van der Waals surface area contributed by atoms with Crippen LogP contribution in [0.25, 0.3) is 0 Å². The third-order valence-electron chi connectivity index (χ3n) is 4.95. The zero-order valence-electron chi connectivity index (χ0n) is 18.8. The Balaban J connectivity index is 1.46. The van der Waals surface area contributed by atoms with Crippen molar-refractivity contribution in [3.8, 4) is 0 Å². The largest absolute Gasteiger partial charge is 0.378 e. The van der Waals surface area contributed by atoms with Crippen molar-refractivity contribution in [3.05, 3.63) is 11.4 Å². The molecule has 1 aromatic rings. The van der Waals surface area contributed by atoms with Crippen LogP contribution < -0.4 is 5.32 Å². The van der Waals surface area contributed by atoms with Crippen LogP contribution in [-0.4, -0.2) is 119 Å². The van der Waals surface area contributed by atoms with E-state index in [4.69, 9.17) is 18.9 Å². The van der Waals surface area contributed by atoms with Crippen LogP contribution >= 0.6 is 0 Å². The van der Waals surface area contributed by atoms with Crippen molar-refractivity contribution in [1.29, 1.82) is 0 Å². The summed E-state index contributed by atoms with van der Waals surface area (Å²) in [6.07, 6.45) is 0. The van der Waals surface area contributed by atoms with Gasteiger partial charge in [-0.05, 0) is 14.0 Å². The van der Waals surface area contributed by atoms with E-state index < -0.39 is 9.84 Å². The third-order valence-corrected chi connectivity index (χ3v) is 6.56. The number of likely N-dealkylation sites (N-methyl/N-ethyl adjacent to an activating group) is 1. The minimum absolute atomic E-state index is 0.216. The SMILES string of the molecule is CNCCOCCOCCOCCOCCn1nnc(CN2CCS(=O)(=O)CC2)c1C. The molecule has 180 valence electrons. The average molecular weight is 464 g/mol. The summed E-state index contributed by atoms with van der Waals surface area (Å²) in [5.41, 5.74) is 1.87. The molecule has 11 nitrogen and oxygen atoms in total. The van der Waals surface area contributed by atoms with Gasteiger partial charge in [-0.15, -0.1) is 5.10 Å². The molecule has 0 aliphatic carbocycles. The first-order valence-electron chi connectivity index (χ1n) is 10.8. The molecule has 2 heterocycles. The Morgan fingerprint density at radius 2 is 1.45 bits per heavy atom. The smallest absolute Gasteiger partial charge is 0.152 e. The van der Waals surface area contributed by atoms with E-state index in [0.29, 0.717) is 79.0 Å². The van der Waals surface area contributed by atoms with E-state index in [-0.39, 0.29) is 11.5 Å². The van der Waals surface area contributed by atoms with Gasteiger partial charge in [0.05, 0.1) is 82.3 Å². The number of nitrogens with zero attached hydrogens (tertiary/aromatic N) is 4. The van der Waals surface area contributed by atoms with Crippen molar-refractivity contribution in [2.24, 2.45) is 0 Å². The maximum absolute atomic E-state index is 11.5. The molecule has 1 aliphatic rings. The number of ether oxygens (including phenoxy) is 4. The number of nitrogens with one attached hydrogen (secondary N) is 1. The van der Waals surface area contributed by atoms with E-state index in [1.165, 1.54) is 0 Å². The summed E-state index contributed by atoms with van der Waals surface area (Å²) in [4.78, 5) is 2.11. The highest BCUT2D eigenvalue weighted by molar-refractivity contribution is 7.91. The molecular formula is C19H37N5O6S. The first-order chi connectivity index (χ1) is 15.0. The van der Waals surface area contributed by atoms with Crippen molar-refractivity contribution in [3.63, 3.8) is 0 Å². The van der Waals surface area contributed by atoms with Gasteiger partial charge in [0.25, 0.3) is 0 Å². The quantitative estimate of drug-likeness (QED) is 0.291. The van der Waals surface area contributed by atoms with Gasteiger partial charge in [0, 0.05) is 26.2 Å². The molecule has 12 heteroatoms. The van der Waals surface area contributed by atoms with Crippen molar-refractivity contribution in [2.75, 3.05) is 91.0 Å². The van der Waals surface area contributed by atoms with Crippen molar-refractivity contribution < 1.29 is 27.4 Å². The molecule has 0 atom stereocenters. The molecule has 0 radical (unpaired) electrons. The topological polar surface area (TPSA) is 117 Å². The Hall–Kier alpha value is -1.15. The normalized spacial score (nSPS) is 16.7. The molecule has 0 spiro atoms. The highest BCUT2D eigenvalue weighted by Crippen LogP contribution is 2.11. The second kappa shape index (κ2) is 14.8. The van der Waals surface area contributed by atoms with Crippen LogP contribution in [0.2, 0.25) is 0 Å². The van der Waals surface area contributed by atoms with E-state index in [0.717, 1.165) is 17.9 Å². The Labute approximate surface area is 185 Å². The molecule has 0 aromatic carbocycles. The van der Waals surface area contributed by atoms with Gasteiger partial charge in [-0.2, -0.15) is 0 Å². The van der Waals surface area contributed by atoms with Gasteiger partial charge in [0.15, 0.2) is 9.84 Å². The van der Waals surface area contributed by atoms with Gasteiger partial charge in [0.2, 0.25) is 0 Å². The molecule has 2 rings (SSSR count). The summed E-state index contributed by atoms with van der Waals surface area (Å²) < 4.78 is 46.7. The van der Waals surface area contributed by atoms with Crippen LogP contribution in [0.1, 0.15) is 11.4 Å². The van der Waals surface area contributed by atoms with Crippen LogP contribution in [0.3, 0.4) is 0 Å². The van der Waals surface area contributed by atoms with E-state index in [1.807, 2.05) is 18.7 Å². The molecule has 0 saturated carbocycles. The number of sulfone groups is 1. The summed E-state index contributed by atoms with van der Waals surface area (Å²) in [5, 5.41) is 11.4. The molecular weight excluding hydrogens is 426 g/mol. The molecule has 31 heavy (non-hydrogen) atoms. The molecule has 1 aromatic heterocycles. The summed E-state index contributed by atoms with van der Waals surface area (Å²) in [5.74, 6) is 0.432. The first-order valence-corrected chi connectivity index (χ1v) is 12.6. The van der Waals surface area contributed by atoms with Gasteiger partial charge < -0.3 is 24.3 Å². The maximum atomic E-state index is 11.5. The van der Waals surface area contributed by atoms with Gasteiger partial charge in [-0.25, -0.2) is 13.1 Å². The Morgan fingerprint density at radius 1 is 0.903 bits per heavy atom. The minimum atomic E-state index is -2.87. The number of hydrogen-bond acceptors (Lipinski definition) is 10. The highest BCUT2D eigenvalue weighted by Gasteiger charge is 2.23. The molecule has 0 unspecified atom stereocenters.